The molecular weight excluding hydrogens is 311 g/mol. The molecule has 0 radical (unpaired) electrons. The molecule has 1 aliphatic rings. The highest BCUT2D eigenvalue weighted by molar-refractivity contribution is 6.42. The molecule has 1 aromatic carbocycles. The number of rotatable bonds is 3. The summed E-state index contributed by atoms with van der Waals surface area (Å²) in [7, 11) is 0. The average molecular weight is 331 g/mol. The van der Waals surface area contributed by atoms with Gasteiger partial charge in [0, 0.05) is 19.7 Å². The SMILES string of the molecule is CC(NC(=O)N1CCCC(CO)C1)c1cccc(Cl)c1Cl. The summed E-state index contributed by atoms with van der Waals surface area (Å²) in [6, 6.07) is 5.04. The number of nitrogens with zero attached hydrogens (tertiary/aromatic N) is 1. The van der Waals surface area contributed by atoms with Gasteiger partial charge in [-0.05, 0) is 37.3 Å². The highest BCUT2D eigenvalue weighted by Gasteiger charge is 2.24. The van der Waals surface area contributed by atoms with E-state index in [1.54, 1.807) is 11.0 Å². The van der Waals surface area contributed by atoms with E-state index < -0.39 is 0 Å². The Morgan fingerprint density at radius 3 is 3.00 bits per heavy atom. The summed E-state index contributed by atoms with van der Waals surface area (Å²) in [6.07, 6.45) is 1.89. The first-order valence-electron chi connectivity index (χ1n) is 7.13. The van der Waals surface area contributed by atoms with E-state index in [0.717, 1.165) is 24.9 Å². The minimum atomic E-state index is -0.224. The van der Waals surface area contributed by atoms with Gasteiger partial charge in [-0.15, -0.1) is 0 Å². The van der Waals surface area contributed by atoms with Gasteiger partial charge in [-0.2, -0.15) is 0 Å². The normalized spacial score (nSPS) is 20.2. The fourth-order valence-corrected chi connectivity index (χ4v) is 3.08. The van der Waals surface area contributed by atoms with Gasteiger partial charge in [0.25, 0.3) is 0 Å². The quantitative estimate of drug-likeness (QED) is 0.891. The van der Waals surface area contributed by atoms with Crippen LogP contribution in [0.15, 0.2) is 18.2 Å². The molecule has 0 spiro atoms. The van der Waals surface area contributed by atoms with Crippen LogP contribution in [0.4, 0.5) is 4.79 Å². The van der Waals surface area contributed by atoms with Gasteiger partial charge >= 0.3 is 6.03 Å². The van der Waals surface area contributed by atoms with Crippen LogP contribution in [0.1, 0.15) is 31.4 Å². The topological polar surface area (TPSA) is 52.6 Å². The summed E-state index contributed by atoms with van der Waals surface area (Å²) in [6.45, 7) is 3.32. The Hall–Kier alpha value is -0.970. The third-order valence-electron chi connectivity index (χ3n) is 3.85. The van der Waals surface area contributed by atoms with E-state index in [1.807, 2.05) is 19.1 Å². The van der Waals surface area contributed by atoms with E-state index in [2.05, 4.69) is 5.32 Å². The standard InChI is InChI=1S/C15H20Cl2N2O2/c1-10(12-5-2-6-13(16)14(12)17)18-15(21)19-7-3-4-11(8-19)9-20/h2,5-6,10-11,20H,3-4,7-9H2,1H3,(H,18,21). The highest BCUT2D eigenvalue weighted by Crippen LogP contribution is 2.30. The van der Waals surface area contributed by atoms with Gasteiger partial charge in [-0.3, -0.25) is 0 Å². The molecule has 0 saturated carbocycles. The van der Waals surface area contributed by atoms with E-state index in [1.165, 1.54) is 0 Å². The number of carbonyl (C=O) groups is 1. The zero-order chi connectivity index (χ0) is 15.4. The van der Waals surface area contributed by atoms with Crippen LogP contribution in [0.5, 0.6) is 0 Å². The Morgan fingerprint density at radius 2 is 2.29 bits per heavy atom. The lowest BCUT2D eigenvalue weighted by Crippen LogP contribution is -2.46. The monoisotopic (exact) mass is 330 g/mol. The summed E-state index contributed by atoms with van der Waals surface area (Å²) >= 11 is 12.2. The van der Waals surface area contributed by atoms with E-state index >= 15 is 0 Å². The van der Waals surface area contributed by atoms with Crippen LogP contribution < -0.4 is 5.32 Å². The summed E-state index contributed by atoms with van der Waals surface area (Å²) in [5, 5.41) is 13.1. The van der Waals surface area contributed by atoms with Crippen LogP contribution in [0, 0.1) is 5.92 Å². The van der Waals surface area contributed by atoms with Crippen molar-refractivity contribution in [2.24, 2.45) is 5.92 Å². The smallest absolute Gasteiger partial charge is 0.317 e. The number of piperidine rings is 1. The van der Waals surface area contributed by atoms with Crippen LogP contribution in [0.25, 0.3) is 0 Å². The number of amides is 2. The van der Waals surface area contributed by atoms with Gasteiger partial charge in [0.15, 0.2) is 0 Å². The molecule has 0 bridgehead atoms. The van der Waals surface area contributed by atoms with Crippen molar-refractivity contribution in [1.29, 1.82) is 0 Å². The molecule has 1 saturated heterocycles. The number of hydrogen-bond donors (Lipinski definition) is 2. The van der Waals surface area contributed by atoms with Crippen molar-refractivity contribution in [2.45, 2.75) is 25.8 Å². The maximum Gasteiger partial charge on any atom is 0.317 e. The summed E-state index contributed by atoms with van der Waals surface area (Å²) in [4.78, 5) is 14.0. The zero-order valence-electron chi connectivity index (χ0n) is 12.0. The predicted molar refractivity (Wildman–Crippen MR) is 84.8 cm³/mol. The lowest BCUT2D eigenvalue weighted by Gasteiger charge is -2.33. The van der Waals surface area contributed by atoms with Gasteiger partial charge in [0.05, 0.1) is 16.1 Å². The number of aliphatic hydroxyl groups excluding tert-OH is 1. The van der Waals surface area contributed by atoms with Gasteiger partial charge in [-0.1, -0.05) is 35.3 Å². The summed E-state index contributed by atoms with van der Waals surface area (Å²) < 4.78 is 0. The molecule has 2 rings (SSSR count). The lowest BCUT2D eigenvalue weighted by molar-refractivity contribution is 0.128. The second-order valence-corrected chi connectivity index (χ2v) is 6.24. The Labute approximate surface area is 135 Å². The number of benzene rings is 1. The Morgan fingerprint density at radius 1 is 1.52 bits per heavy atom. The van der Waals surface area contributed by atoms with Crippen molar-refractivity contribution < 1.29 is 9.90 Å². The molecule has 6 heteroatoms. The molecule has 2 N–H and O–H groups in total. The lowest BCUT2D eigenvalue weighted by atomic mass is 9.99. The van der Waals surface area contributed by atoms with Crippen LogP contribution in [0.3, 0.4) is 0 Å². The van der Waals surface area contributed by atoms with E-state index in [0.29, 0.717) is 16.6 Å². The second kappa shape index (κ2) is 7.34. The molecule has 116 valence electrons. The Kier molecular flexibility index (Phi) is 5.73. The molecule has 0 aliphatic carbocycles. The van der Waals surface area contributed by atoms with Gasteiger partial charge < -0.3 is 15.3 Å². The fraction of sp³-hybridized carbons (Fsp3) is 0.533. The number of nitrogens with one attached hydrogen (secondary N) is 1. The third-order valence-corrected chi connectivity index (χ3v) is 4.69. The van der Waals surface area contributed by atoms with Gasteiger partial charge in [-0.25, -0.2) is 4.79 Å². The molecule has 1 aromatic rings. The van der Waals surface area contributed by atoms with Crippen LogP contribution in [0.2, 0.25) is 10.0 Å². The molecule has 2 unspecified atom stereocenters. The first kappa shape index (κ1) is 16.4. The number of halogens is 2. The van der Waals surface area contributed by atoms with Crippen molar-refractivity contribution in [3.8, 4) is 0 Å². The zero-order valence-corrected chi connectivity index (χ0v) is 13.5. The molecule has 1 aliphatic heterocycles. The number of urea groups is 1. The van der Waals surface area contributed by atoms with Crippen LogP contribution in [-0.2, 0) is 0 Å². The molecule has 21 heavy (non-hydrogen) atoms. The minimum absolute atomic E-state index is 0.124. The molecule has 0 aromatic heterocycles. The predicted octanol–water partition coefficient (Wildman–Crippen LogP) is 3.47. The largest absolute Gasteiger partial charge is 0.396 e. The molecule has 4 nitrogen and oxygen atoms in total. The molecule has 1 heterocycles. The van der Waals surface area contributed by atoms with Crippen molar-refractivity contribution >= 4 is 29.2 Å². The average Bonchev–Trinajstić information content (AvgIpc) is 2.49. The van der Waals surface area contributed by atoms with Crippen molar-refractivity contribution in [3.63, 3.8) is 0 Å². The van der Waals surface area contributed by atoms with Crippen LogP contribution in [-0.4, -0.2) is 35.7 Å². The van der Waals surface area contributed by atoms with E-state index in [9.17, 15) is 9.90 Å². The molecular formula is C15H20Cl2N2O2. The van der Waals surface area contributed by atoms with Crippen molar-refractivity contribution in [1.82, 2.24) is 10.2 Å². The Balaban J connectivity index is 2.00. The second-order valence-electron chi connectivity index (χ2n) is 5.45. The number of aliphatic hydroxyl groups is 1. The summed E-state index contributed by atoms with van der Waals surface area (Å²) in [5.41, 5.74) is 0.799. The first-order valence-corrected chi connectivity index (χ1v) is 7.88. The fourth-order valence-electron chi connectivity index (χ4n) is 2.61. The van der Waals surface area contributed by atoms with Gasteiger partial charge in [0.2, 0.25) is 0 Å². The molecule has 2 amide bonds. The number of likely N-dealkylation sites (tertiary alicyclic amines) is 1. The van der Waals surface area contributed by atoms with Gasteiger partial charge in [0.1, 0.15) is 0 Å². The summed E-state index contributed by atoms with van der Waals surface area (Å²) in [5.74, 6) is 0.176. The number of carbonyl (C=O) groups excluding carboxylic acids is 1. The van der Waals surface area contributed by atoms with E-state index in [-0.39, 0.29) is 24.6 Å². The highest BCUT2D eigenvalue weighted by atomic mass is 35.5. The molecule has 1 fully saturated rings. The first-order chi connectivity index (χ1) is 10.0. The van der Waals surface area contributed by atoms with Crippen LogP contribution >= 0.6 is 23.2 Å². The van der Waals surface area contributed by atoms with Crippen molar-refractivity contribution in [2.75, 3.05) is 19.7 Å². The van der Waals surface area contributed by atoms with E-state index in [4.69, 9.17) is 23.2 Å². The molecule has 2 atom stereocenters. The minimum Gasteiger partial charge on any atom is -0.396 e. The van der Waals surface area contributed by atoms with Crippen molar-refractivity contribution in [3.05, 3.63) is 33.8 Å². The maximum absolute atomic E-state index is 12.3. The number of hydrogen-bond acceptors (Lipinski definition) is 2. The Bertz CT molecular complexity index is 510. The maximum atomic E-state index is 12.3. The third kappa shape index (κ3) is 4.02.